The average molecular weight is 311 g/mol. The fourth-order valence-corrected chi connectivity index (χ4v) is 2.69. The van der Waals surface area contributed by atoms with Gasteiger partial charge in [-0.05, 0) is 36.5 Å². The number of urea groups is 1. The lowest BCUT2D eigenvalue weighted by atomic mass is 9.95. The molecule has 1 fully saturated rings. The molecule has 0 spiro atoms. The first-order valence-corrected chi connectivity index (χ1v) is 7.35. The van der Waals surface area contributed by atoms with E-state index in [0.29, 0.717) is 29.9 Å². The Balaban J connectivity index is 2.10. The largest absolute Gasteiger partial charge is 0.478 e. The SMILES string of the molecule is CC(C)C1CCN(C(=O)Nc2cc(Cl)ccc2C(=O)O)C1. The van der Waals surface area contributed by atoms with Gasteiger partial charge in [-0.2, -0.15) is 0 Å². The van der Waals surface area contributed by atoms with Crippen LogP contribution in [0.2, 0.25) is 5.02 Å². The van der Waals surface area contributed by atoms with E-state index in [1.807, 2.05) is 0 Å². The molecule has 0 aliphatic carbocycles. The summed E-state index contributed by atoms with van der Waals surface area (Å²) >= 11 is 5.87. The summed E-state index contributed by atoms with van der Waals surface area (Å²) in [6.45, 7) is 5.68. The maximum Gasteiger partial charge on any atom is 0.337 e. The Hall–Kier alpha value is -1.75. The molecule has 2 amide bonds. The Bertz CT molecular complexity index is 560. The van der Waals surface area contributed by atoms with Crippen molar-refractivity contribution in [1.82, 2.24) is 4.90 Å². The molecule has 0 aromatic heterocycles. The smallest absolute Gasteiger partial charge is 0.337 e. The predicted molar refractivity (Wildman–Crippen MR) is 81.9 cm³/mol. The molecule has 1 aliphatic heterocycles. The van der Waals surface area contributed by atoms with Crippen LogP contribution < -0.4 is 5.32 Å². The summed E-state index contributed by atoms with van der Waals surface area (Å²) in [4.78, 5) is 25.1. The number of carbonyl (C=O) groups excluding carboxylic acids is 1. The van der Waals surface area contributed by atoms with Gasteiger partial charge in [-0.3, -0.25) is 0 Å². The van der Waals surface area contributed by atoms with E-state index < -0.39 is 5.97 Å². The lowest BCUT2D eigenvalue weighted by Gasteiger charge is -2.19. The van der Waals surface area contributed by atoms with Gasteiger partial charge in [-0.15, -0.1) is 0 Å². The van der Waals surface area contributed by atoms with Gasteiger partial charge in [-0.1, -0.05) is 25.4 Å². The van der Waals surface area contributed by atoms with Crippen molar-refractivity contribution in [2.45, 2.75) is 20.3 Å². The molecular formula is C15H19ClN2O3. The molecule has 21 heavy (non-hydrogen) atoms. The minimum absolute atomic E-state index is 0.0346. The van der Waals surface area contributed by atoms with E-state index in [9.17, 15) is 9.59 Å². The second-order valence-corrected chi connectivity index (χ2v) is 6.10. The Kier molecular flexibility index (Phi) is 4.73. The minimum Gasteiger partial charge on any atom is -0.478 e. The number of hydrogen-bond donors (Lipinski definition) is 2. The van der Waals surface area contributed by atoms with E-state index in [1.54, 1.807) is 4.90 Å². The van der Waals surface area contributed by atoms with Crippen LogP contribution in [-0.2, 0) is 0 Å². The number of carbonyl (C=O) groups is 2. The van der Waals surface area contributed by atoms with Gasteiger partial charge in [0.1, 0.15) is 0 Å². The molecule has 114 valence electrons. The van der Waals surface area contributed by atoms with Gasteiger partial charge in [0.05, 0.1) is 11.3 Å². The molecule has 1 aliphatic rings. The van der Waals surface area contributed by atoms with Crippen LogP contribution in [0.5, 0.6) is 0 Å². The zero-order chi connectivity index (χ0) is 15.6. The summed E-state index contributed by atoms with van der Waals surface area (Å²) in [6, 6.07) is 4.06. The second kappa shape index (κ2) is 6.35. The van der Waals surface area contributed by atoms with Crippen LogP contribution in [0, 0.1) is 11.8 Å². The van der Waals surface area contributed by atoms with Crippen molar-refractivity contribution in [2.24, 2.45) is 11.8 Å². The van der Waals surface area contributed by atoms with Gasteiger partial charge in [0, 0.05) is 18.1 Å². The summed E-state index contributed by atoms with van der Waals surface area (Å²) in [5.74, 6) is -0.0685. The number of amides is 2. The van der Waals surface area contributed by atoms with Crippen molar-refractivity contribution in [3.63, 3.8) is 0 Å². The molecule has 1 unspecified atom stereocenters. The quantitative estimate of drug-likeness (QED) is 0.897. The molecular weight excluding hydrogens is 292 g/mol. The van der Waals surface area contributed by atoms with E-state index in [1.165, 1.54) is 18.2 Å². The minimum atomic E-state index is -1.09. The molecule has 6 heteroatoms. The van der Waals surface area contributed by atoms with Crippen molar-refractivity contribution < 1.29 is 14.7 Å². The fraction of sp³-hybridized carbons (Fsp3) is 0.467. The fourth-order valence-electron chi connectivity index (χ4n) is 2.52. The summed E-state index contributed by atoms with van der Waals surface area (Å²) in [5.41, 5.74) is 0.264. The number of rotatable bonds is 3. The third-order valence-electron chi connectivity index (χ3n) is 3.91. The Morgan fingerprint density at radius 2 is 2.14 bits per heavy atom. The summed E-state index contributed by atoms with van der Waals surface area (Å²) in [6.07, 6.45) is 0.979. The Morgan fingerprint density at radius 3 is 2.71 bits per heavy atom. The number of nitrogens with zero attached hydrogens (tertiary/aromatic N) is 1. The number of hydrogen-bond acceptors (Lipinski definition) is 2. The van der Waals surface area contributed by atoms with Crippen LogP contribution in [0.15, 0.2) is 18.2 Å². The van der Waals surface area contributed by atoms with Crippen LogP contribution in [0.3, 0.4) is 0 Å². The first-order valence-electron chi connectivity index (χ1n) is 6.97. The highest BCUT2D eigenvalue weighted by molar-refractivity contribution is 6.31. The average Bonchev–Trinajstić information content (AvgIpc) is 2.88. The summed E-state index contributed by atoms with van der Waals surface area (Å²) < 4.78 is 0. The summed E-state index contributed by atoms with van der Waals surface area (Å²) in [5, 5.41) is 12.2. The maximum absolute atomic E-state index is 12.2. The molecule has 5 nitrogen and oxygen atoms in total. The van der Waals surface area contributed by atoms with E-state index >= 15 is 0 Å². The molecule has 1 atom stereocenters. The van der Waals surface area contributed by atoms with Crippen LogP contribution >= 0.6 is 11.6 Å². The number of benzene rings is 1. The molecule has 1 saturated heterocycles. The van der Waals surface area contributed by atoms with E-state index in [2.05, 4.69) is 19.2 Å². The highest BCUT2D eigenvalue weighted by atomic mass is 35.5. The van der Waals surface area contributed by atoms with E-state index in [0.717, 1.165) is 6.42 Å². The van der Waals surface area contributed by atoms with Crippen LogP contribution in [0.1, 0.15) is 30.6 Å². The van der Waals surface area contributed by atoms with Crippen molar-refractivity contribution >= 4 is 29.3 Å². The lowest BCUT2D eigenvalue weighted by Crippen LogP contribution is -2.33. The monoisotopic (exact) mass is 310 g/mol. The van der Waals surface area contributed by atoms with Crippen molar-refractivity contribution in [1.29, 1.82) is 0 Å². The van der Waals surface area contributed by atoms with Gasteiger partial charge >= 0.3 is 12.0 Å². The van der Waals surface area contributed by atoms with E-state index in [-0.39, 0.29) is 17.3 Å². The van der Waals surface area contributed by atoms with Gasteiger partial charge in [-0.25, -0.2) is 9.59 Å². The molecule has 2 rings (SSSR count). The number of carboxylic acids is 1. The Labute approximate surface area is 128 Å². The number of halogens is 1. The van der Waals surface area contributed by atoms with Gasteiger partial charge < -0.3 is 15.3 Å². The Morgan fingerprint density at radius 1 is 1.43 bits per heavy atom. The zero-order valence-electron chi connectivity index (χ0n) is 12.1. The third kappa shape index (κ3) is 3.67. The molecule has 2 N–H and O–H groups in total. The van der Waals surface area contributed by atoms with Crippen molar-refractivity contribution in [3.05, 3.63) is 28.8 Å². The predicted octanol–water partition coefficient (Wildman–Crippen LogP) is 3.55. The highest BCUT2D eigenvalue weighted by Crippen LogP contribution is 2.26. The standard InChI is InChI=1S/C15H19ClN2O3/c1-9(2)10-5-6-18(8-10)15(21)17-13-7-11(16)3-4-12(13)14(19)20/h3-4,7,9-10H,5-6,8H2,1-2H3,(H,17,21)(H,19,20). The zero-order valence-corrected chi connectivity index (χ0v) is 12.9. The van der Waals surface area contributed by atoms with Crippen LogP contribution in [0.4, 0.5) is 10.5 Å². The van der Waals surface area contributed by atoms with E-state index in [4.69, 9.17) is 16.7 Å². The molecule has 0 saturated carbocycles. The van der Waals surface area contributed by atoms with Gasteiger partial charge in [0.25, 0.3) is 0 Å². The summed E-state index contributed by atoms with van der Waals surface area (Å²) in [7, 11) is 0. The van der Waals surface area contributed by atoms with Crippen LogP contribution in [0.25, 0.3) is 0 Å². The highest BCUT2D eigenvalue weighted by Gasteiger charge is 2.28. The second-order valence-electron chi connectivity index (χ2n) is 5.66. The number of likely N-dealkylation sites (tertiary alicyclic amines) is 1. The number of carboxylic acid groups (broad SMARTS) is 1. The maximum atomic E-state index is 12.2. The molecule has 0 radical (unpaired) electrons. The first-order chi connectivity index (χ1) is 9.88. The normalized spacial score (nSPS) is 18.1. The molecule has 1 aromatic rings. The van der Waals surface area contributed by atoms with Gasteiger partial charge in [0.2, 0.25) is 0 Å². The lowest BCUT2D eigenvalue weighted by molar-refractivity contribution is 0.0698. The molecule has 1 heterocycles. The number of nitrogens with one attached hydrogen (secondary N) is 1. The number of anilines is 1. The van der Waals surface area contributed by atoms with Crippen molar-refractivity contribution in [3.8, 4) is 0 Å². The number of aromatic carboxylic acids is 1. The molecule has 1 aromatic carbocycles. The van der Waals surface area contributed by atoms with Crippen molar-refractivity contribution in [2.75, 3.05) is 18.4 Å². The van der Waals surface area contributed by atoms with Gasteiger partial charge in [0.15, 0.2) is 0 Å². The third-order valence-corrected chi connectivity index (χ3v) is 4.14. The van der Waals surface area contributed by atoms with Crippen LogP contribution in [-0.4, -0.2) is 35.1 Å². The molecule has 0 bridgehead atoms. The first kappa shape index (κ1) is 15.6. The topological polar surface area (TPSA) is 69.6 Å².